The molecule has 0 bridgehead atoms. The number of rotatable bonds is 1. The molecule has 1 nitrogen and oxygen atoms in total. The summed E-state index contributed by atoms with van der Waals surface area (Å²) in [5.74, 6) is 5.66. The van der Waals surface area contributed by atoms with E-state index < -0.39 is 17.0 Å². The average Bonchev–Trinajstić information content (AvgIpc) is 3.05. The van der Waals surface area contributed by atoms with Crippen molar-refractivity contribution >= 4 is 30.4 Å². The van der Waals surface area contributed by atoms with Crippen molar-refractivity contribution in [2.45, 2.75) is 88.8 Å². The van der Waals surface area contributed by atoms with Crippen LogP contribution in [-0.4, -0.2) is 22.6 Å². The molecule has 4 rings (SSSR count). The zero-order valence-electron chi connectivity index (χ0n) is 17.1. The molecule has 0 amide bonds. The fourth-order valence-corrected chi connectivity index (χ4v) is 8.67. The Morgan fingerprint density at radius 1 is 0.923 bits per heavy atom. The molecule has 0 aromatic heterocycles. The quantitative estimate of drug-likeness (QED) is 0.295. The third kappa shape index (κ3) is 4.84. The second-order valence-electron chi connectivity index (χ2n) is 9.10. The van der Waals surface area contributed by atoms with Gasteiger partial charge in [0, 0.05) is 10.5 Å². The van der Waals surface area contributed by atoms with Crippen molar-refractivity contribution in [1.29, 1.82) is 0 Å². The zero-order valence-corrected chi connectivity index (χ0v) is 21.0. The third-order valence-electron chi connectivity index (χ3n) is 7.82. The molecular weight excluding hydrogens is 417 g/mol. The number of hydrogen-bond donors (Lipinski definition) is 0. The fraction of sp³-hybridized carbons (Fsp3) is 0.952. The predicted octanol–water partition coefficient (Wildman–Crippen LogP) is 7.57. The minimum absolute atomic E-state index is 0. The van der Waals surface area contributed by atoms with E-state index in [0.717, 1.165) is 46.0 Å². The first-order valence-electron chi connectivity index (χ1n) is 10.3. The second-order valence-corrected chi connectivity index (χ2v) is 13.3. The molecule has 152 valence electrons. The molecule has 0 radical (unpaired) electrons. The van der Waals surface area contributed by atoms with Gasteiger partial charge in [0.2, 0.25) is 0 Å². The van der Waals surface area contributed by atoms with Crippen molar-refractivity contribution in [3.63, 3.8) is 0 Å². The fourth-order valence-electron chi connectivity index (χ4n) is 6.60. The van der Waals surface area contributed by atoms with Crippen LogP contribution >= 0.6 is 30.4 Å². The number of fused-ring (bicyclic) bond motifs is 2. The number of nitrogens with zero attached hydrogens (tertiary/aromatic N) is 1. The molecule has 2 saturated carbocycles. The van der Waals surface area contributed by atoms with Gasteiger partial charge in [-0.3, -0.25) is 0 Å². The maximum atomic E-state index is 5.31. The number of thioether (sulfide) groups is 1. The topological polar surface area (TPSA) is 14.1 Å². The van der Waals surface area contributed by atoms with E-state index in [1.54, 1.807) is 0 Å². The van der Waals surface area contributed by atoms with E-state index in [1.165, 1.54) is 38.5 Å². The van der Waals surface area contributed by atoms with Crippen LogP contribution in [0.4, 0.5) is 0 Å². The maximum absolute atomic E-state index is 5.31. The van der Waals surface area contributed by atoms with Crippen LogP contribution in [0.25, 0.3) is 5.32 Å². The van der Waals surface area contributed by atoms with Crippen molar-refractivity contribution in [3.8, 4) is 0 Å². The van der Waals surface area contributed by atoms with Gasteiger partial charge in [-0.2, -0.15) is 11.8 Å². The molecule has 2 aliphatic carbocycles. The Hall–Kier alpha value is 1.60. The Bertz CT molecular complexity index is 440. The Kier molecular flexibility index (Phi) is 9.72. The number of hydrogen-bond acceptors (Lipinski definition) is 1. The van der Waals surface area contributed by atoms with Crippen LogP contribution in [0.15, 0.2) is 0 Å². The summed E-state index contributed by atoms with van der Waals surface area (Å²) in [5.41, 5.74) is 0. The van der Waals surface area contributed by atoms with Gasteiger partial charge in [0.05, 0.1) is 0 Å². The van der Waals surface area contributed by atoms with Gasteiger partial charge in [-0.1, -0.05) is 71.6 Å². The van der Waals surface area contributed by atoms with Gasteiger partial charge in [-0.15, -0.1) is 12.1 Å². The molecule has 26 heavy (non-hydrogen) atoms. The van der Waals surface area contributed by atoms with E-state index in [0.29, 0.717) is 12.1 Å². The molecule has 2 heterocycles. The third-order valence-corrected chi connectivity index (χ3v) is 9.45. The summed E-state index contributed by atoms with van der Waals surface area (Å²) >= 11 is 1.79. The van der Waals surface area contributed by atoms with E-state index in [-0.39, 0.29) is 7.43 Å². The summed E-state index contributed by atoms with van der Waals surface area (Å²) in [7, 11) is 9.78. The molecule has 10 unspecified atom stereocenters. The summed E-state index contributed by atoms with van der Waals surface area (Å²) in [6.45, 7) is 9.96. The van der Waals surface area contributed by atoms with Gasteiger partial charge in [-0.25, -0.2) is 0 Å². The van der Waals surface area contributed by atoms with Gasteiger partial charge in [-0.05, 0) is 30.1 Å². The SMILES string of the molecule is CC1CCC2CCCC(C3C(C)C(C)C4CC(C)SC43)C2[N-]1.[CH3-].[Cl][Ti][Cl]. The van der Waals surface area contributed by atoms with Crippen molar-refractivity contribution in [2.75, 3.05) is 0 Å². The Balaban J connectivity index is 0.000000570. The monoisotopic (exact) mass is 453 g/mol. The summed E-state index contributed by atoms with van der Waals surface area (Å²) in [5, 5.41) is 7.17. The van der Waals surface area contributed by atoms with Crippen molar-refractivity contribution in [2.24, 2.45) is 35.5 Å². The minimum atomic E-state index is -0.556. The molecule has 2 saturated heterocycles. The van der Waals surface area contributed by atoms with E-state index in [2.05, 4.69) is 39.5 Å². The van der Waals surface area contributed by atoms with Gasteiger partial charge >= 0.3 is 35.6 Å². The summed E-state index contributed by atoms with van der Waals surface area (Å²) in [6.07, 6.45) is 8.70. The van der Waals surface area contributed by atoms with Crippen LogP contribution in [-0.2, 0) is 17.0 Å². The molecule has 0 aromatic rings. The molecule has 0 N–H and O–H groups in total. The first-order valence-corrected chi connectivity index (χ1v) is 15.5. The normalized spacial score (nSPS) is 49.9. The summed E-state index contributed by atoms with van der Waals surface area (Å²) < 4.78 is 0. The molecule has 5 heteroatoms. The first-order chi connectivity index (χ1) is 12.0. The summed E-state index contributed by atoms with van der Waals surface area (Å²) in [6, 6.07) is 1.34. The van der Waals surface area contributed by atoms with Crippen LogP contribution in [0, 0.1) is 42.9 Å². The number of piperidine rings is 1. The Morgan fingerprint density at radius 2 is 1.62 bits per heavy atom. The molecule has 2 aliphatic heterocycles. The molecule has 10 atom stereocenters. The van der Waals surface area contributed by atoms with Gasteiger partial charge in [0.1, 0.15) is 0 Å². The molecule has 0 aromatic carbocycles. The van der Waals surface area contributed by atoms with Crippen LogP contribution in [0.5, 0.6) is 0 Å². The van der Waals surface area contributed by atoms with E-state index >= 15 is 0 Å². The van der Waals surface area contributed by atoms with Gasteiger partial charge in [0.15, 0.2) is 0 Å². The van der Waals surface area contributed by atoms with E-state index in [9.17, 15) is 0 Å². The Labute approximate surface area is 183 Å². The molecule has 4 aliphatic rings. The van der Waals surface area contributed by atoms with Crippen LogP contribution in [0.1, 0.15) is 66.2 Å². The van der Waals surface area contributed by atoms with Gasteiger partial charge in [0.25, 0.3) is 0 Å². The van der Waals surface area contributed by atoms with Crippen molar-refractivity contribution in [1.82, 2.24) is 0 Å². The summed E-state index contributed by atoms with van der Waals surface area (Å²) in [4.78, 5) is 0. The average molecular weight is 454 g/mol. The van der Waals surface area contributed by atoms with E-state index in [1.807, 2.05) is 0 Å². The van der Waals surface area contributed by atoms with Crippen LogP contribution in [0.3, 0.4) is 0 Å². The van der Waals surface area contributed by atoms with Gasteiger partial charge < -0.3 is 12.7 Å². The second kappa shape index (κ2) is 10.6. The van der Waals surface area contributed by atoms with Crippen LogP contribution < -0.4 is 0 Å². The molecule has 0 spiro atoms. The Morgan fingerprint density at radius 3 is 2.31 bits per heavy atom. The standard InChI is InChI=1S/C20H34NS.CH3.2ClH.Ti/c1-11-8-9-15-6-5-7-16(19(15)21-11)18-14(4)13(3)17-10-12(2)22-20(17)18;;;;/h11-20H,5-10H2,1-4H3;1H3;2*1H;/q2*-1;;;+2/p-2. The molecule has 4 fully saturated rings. The van der Waals surface area contributed by atoms with E-state index in [4.69, 9.17) is 23.9 Å². The first kappa shape index (κ1) is 23.9. The zero-order chi connectivity index (χ0) is 18.1. The van der Waals surface area contributed by atoms with Crippen molar-refractivity contribution in [3.05, 3.63) is 12.7 Å². The van der Waals surface area contributed by atoms with Crippen molar-refractivity contribution < 1.29 is 17.0 Å². The number of halogens is 2. The predicted molar refractivity (Wildman–Crippen MR) is 116 cm³/mol. The van der Waals surface area contributed by atoms with Crippen LogP contribution in [0.2, 0.25) is 0 Å². The molecular formula is C21H37Cl2NSTi-2.